The highest BCUT2D eigenvalue weighted by atomic mass is 16.2. The number of carbonyl (C=O) groups is 2. The minimum absolute atomic E-state index is 0.0227. The zero-order chi connectivity index (χ0) is 22.5. The van der Waals surface area contributed by atoms with Gasteiger partial charge in [0.1, 0.15) is 0 Å². The summed E-state index contributed by atoms with van der Waals surface area (Å²) in [5.41, 5.74) is 11.1. The van der Waals surface area contributed by atoms with Gasteiger partial charge in [-0.25, -0.2) is 0 Å². The molecule has 0 unspecified atom stereocenters. The molecule has 4 N–H and O–H groups in total. The van der Waals surface area contributed by atoms with E-state index in [1.54, 1.807) is 11.8 Å². The van der Waals surface area contributed by atoms with Gasteiger partial charge >= 0.3 is 0 Å². The summed E-state index contributed by atoms with van der Waals surface area (Å²) >= 11 is 0. The van der Waals surface area contributed by atoms with E-state index in [1.807, 2.05) is 78.9 Å². The number of amides is 2. The van der Waals surface area contributed by atoms with Crippen LogP contribution in [0.2, 0.25) is 0 Å². The van der Waals surface area contributed by atoms with Crippen molar-refractivity contribution in [1.82, 2.24) is 0 Å². The predicted molar refractivity (Wildman–Crippen MR) is 130 cm³/mol. The quantitative estimate of drug-likeness (QED) is 0.491. The number of hydrogen-bond donors (Lipinski definition) is 3. The van der Waals surface area contributed by atoms with Gasteiger partial charge in [-0.15, -0.1) is 0 Å². The average Bonchev–Trinajstić information content (AvgIpc) is 3.14. The van der Waals surface area contributed by atoms with Crippen LogP contribution in [-0.4, -0.2) is 24.9 Å². The SMILES string of the molecule is CC(=O)N(CCCN)c1ccc(N/C(=C2\C(=O)Nc3ccccc32)c2ccccc2)cc1. The van der Waals surface area contributed by atoms with Crippen molar-refractivity contribution >= 4 is 40.1 Å². The molecule has 0 atom stereocenters. The van der Waals surface area contributed by atoms with Crippen LogP contribution in [0.3, 0.4) is 0 Å². The van der Waals surface area contributed by atoms with Crippen LogP contribution in [0.25, 0.3) is 11.3 Å². The van der Waals surface area contributed by atoms with Gasteiger partial charge in [-0.05, 0) is 48.9 Å². The Morgan fingerprint density at radius 3 is 2.34 bits per heavy atom. The third-order valence-electron chi connectivity index (χ3n) is 5.40. The van der Waals surface area contributed by atoms with Gasteiger partial charge in [-0.3, -0.25) is 9.59 Å². The number of nitrogens with one attached hydrogen (secondary N) is 2. The number of hydrogen-bond acceptors (Lipinski definition) is 4. The summed E-state index contributed by atoms with van der Waals surface area (Å²) in [4.78, 5) is 26.7. The lowest BCUT2D eigenvalue weighted by molar-refractivity contribution is -0.116. The van der Waals surface area contributed by atoms with Crippen molar-refractivity contribution in [3.8, 4) is 0 Å². The molecule has 1 aliphatic heterocycles. The Kier molecular flexibility index (Phi) is 6.33. The first kappa shape index (κ1) is 21.3. The second kappa shape index (κ2) is 9.49. The zero-order valence-corrected chi connectivity index (χ0v) is 18.0. The van der Waals surface area contributed by atoms with Gasteiger partial charge in [0.25, 0.3) is 5.91 Å². The summed E-state index contributed by atoms with van der Waals surface area (Å²) < 4.78 is 0. The molecule has 0 aromatic heterocycles. The molecule has 2 amide bonds. The van der Waals surface area contributed by atoms with Gasteiger partial charge in [0.15, 0.2) is 0 Å². The minimum Gasteiger partial charge on any atom is -0.354 e. The molecule has 0 spiro atoms. The van der Waals surface area contributed by atoms with E-state index >= 15 is 0 Å². The Morgan fingerprint density at radius 1 is 0.969 bits per heavy atom. The van der Waals surface area contributed by atoms with E-state index in [0.717, 1.165) is 40.3 Å². The van der Waals surface area contributed by atoms with E-state index in [2.05, 4.69) is 10.6 Å². The lowest BCUT2D eigenvalue weighted by Gasteiger charge is -2.21. The van der Waals surface area contributed by atoms with Crippen LogP contribution in [0.4, 0.5) is 17.1 Å². The normalized spacial score (nSPS) is 13.9. The van der Waals surface area contributed by atoms with Crippen LogP contribution in [0.5, 0.6) is 0 Å². The van der Waals surface area contributed by atoms with Crippen LogP contribution in [0, 0.1) is 0 Å². The average molecular weight is 427 g/mol. The fraction of sp³-hybridized carbons (Fsp3) is 0.154. The molecule has 4 rings (SSSR count). The van der Waals surface area contributed by atoms with Gasteiger partial charge in [0.2, 0.25) is 5.91 Å². The second-order valence-corrected chi connectivity index (χ2v) is 7.60. The molecular weight excluding hydrogens is 400 g/mol. The molecule has 0 aliphatic carbocycles. The molecule has 1 aliphatic rings. The smallest absolute Gasteiger partial charge is 0.258 e. The number of benzene rings is 3. The van der Waals surface area contributed by atoms with Crippen molar-refractivity contribution in [3.05, 3.63) is 90.0 Å². The van der Waals surface area contributed by atoms with Gasteiger partial charge < -0.3 is 21.3 Å². The maximum absolute atomic E-state index is 12.9. The van der Waals surface area contributed by atoms with Crippen LogP contribution >= 0.6 is 0 Å². The highest BCUT2D eigenvalue weighted by Gasteiger charge is 2.28. The van der Waals surface area contributed by atoms with E-state index in [0.29, 0.717) is 18.7 Å². The number of rotatable bonds is 7. The molecule has 3 aromatic rings. The second-order valence-electron chi connectivity index (χ2n) is 7.60. The standard InChI is InChI=1S/C26H26N4O2/c1-18(31)30(17-7-16-27)21-14-12-20(13-15-21)28-25(19-8-3-2-4-9-19)24-22-10-5-6-11-23(22)29-26(24)32/h2-6,8-15,28H,7,16-17,27H2,1H3,(H,29,32)/b25-24-. The maximum Gasteiger partial charge on any atom is 0.258 e. The van der Waals surface area contributed by atoms with Gasteiger partial charge in [0.05, 0.1) is 11.3 Å². The van der Waals surface area contributed by atoms with E-state index in [4.69, 9.17) is 5.73 Å². The first-order valence-corrected chi connectivity index (χ1v) is 10.6. The van der Waals surface area contributed by atoms with Crippen LogP contribution in [-0.2, 0) is 9.59 Å². The lowest BCUT2D eigenvalue weighted by Crippen LogP contribution is -2.30. The van der Waals surface area contributed by atoms with Gasteiger partial charge in [-0.2, -0.15) is 0 Å². The fourth-order valence-electron chi connectivity index (χ4n) is 3.84. The number of carbonyl (C=O) groups excluding carboxylic acids is 2. The highest BCUT2D eigenvalue weighted by Crippen LogP contribution is 2.37. The summed E-state index contributed by atoms with van der Waals surface area (Å²) in [7, 11) is 0. The molecule has 3 aromatic carbocycles. The summed E-state index contributed by atoms with van der Waals surface area (Å²) in [6.07, 6.45) is 0.734. The highest BCUT2D eigenvalue weighted by molar-refractivity contribution is 6.37. The fourth-order valence-corrected chi connectivity index (χ4v) is 3.84. The van der Waals surface area contributed by atoms with E-state index in [-0.39, 0.29) is 11.8 Å². The molecule has 0 saturated carbocycles. The molecular formula is C26H26N4O2. The number of nitrogens with zero attached hydrogens (tertiary/aromatic N) is 1. The zero-order valence-electron chi connectivity index (χ0n) is 18.0. The summed E-state index contributed by atoms with van der Waals surface area (Å²) in [5, 5.41) is 6.39. The summed E-state index contributed by atoms with van der Waals surface area (Å²) in [6, 6.07) is 25.1. The van der Waals surface area contributed by atoms with Crippen molar-refractivity contribution in [2.75, 3.05) is 28.6 Å². The molecule has 0 saturated heterocycles. The van der Waals surface area contributed by atoms with Crippen LogP contribution in [0.1, 0.15) is 24.5 Å². The topological polar surface area (TPSA) is 87.5 Å². The largest absolute Gasteiger partial charge is 0.354 e. The van der Waals surface area contributed by atoms with Crippen molar-refractivity contribution in [1.29, 1.82) is 0 Å². The molecule has 0 bridgehead atoms. The molecule has 1 heterocycles. The molecule has 0 radical (unpaired) electrons. The lowest BCUT2D eigenvalue weighted by atomic mass is 10.00. The third kappa shape index (κ3) is 4.40. The number of fused-ring (bicyclic) bond motifs is 1. The Morgan fingerprint density at radius 2 is 1.66 bits per heavy atom. The summed E-state index contributed by atoms with van der Waals surface area (Å²) in [5.74, 6) is -0.163. The first-order chi connectivity index (χ1) is 15.6. The van der Waals surface area contributed by atoms with Crippen LogP contribution < -0.4 is 21.3 Å². The Hall–Kier alpha value is -3.90. The Bertz CT molecular complexity index is 1150. The monoisotopic (exact) mass is 426 g/mol. The van der Waals surface area contributed by atoms with E-state index < -0.39 is 0 Å². The Balaban J connectivity index is 1.71. The Labute approximate surface area is 187 Å². The molecule has 6 heteroatoms. The van der Waals surface area contributed by atoms with E-state index in [1.165, 1.54) is 0 Å². The van der Waals surface area contributed by atoms with Crippen molar-refractivity contribution in [2.24, 2.45) is 5.73 Å². The molecule has 6 nitrogen and oxygen atoms in total. The van der Waals surface area contributed by atoms with E-state index in [9.17, 15) is 9.59 Å². The molecule has 0 fully saturated rings. The van der Waals surface area contributed by atoms with Gasteiger partial charge in [0, 0.05) is 36.1 Å². The number of para-hydroxylation sites is 1. The molecule has 32 heavy (non-hydrogen) atoms. The maximum atomic E-state index is 12.9. The van der Waals surface area contributed by atoms with Crippen LogP contribution in [0.15, 0.2) is 78.9 Å². The summed E-state index contributed by atoms with van der Waals surface area (Å²) in [6.45, 7) is 2.66. The van der Waals surface area contributed by atoms with Crippen molar-refractivity contribution < 1.29 is 9.59 Å². The minimum atomic E-state index is -0.140. The molecule has 162 valence electrons. The van der Waals surface area contributed by atoms with Crippen molar-refractivity contribution in [2.45, 2.75) is 13.3 Å². The van der Waals surface area contributed by atoms with Gasteiger partial charge in [-0.1, -0.05) is 48.5 Å². The predicted octanol–water partition coefficient (Wildman–Crippen LogP) is 4.32. The first-order valence-electron chi connectivity index (χ1n) is 10.6. The number of anilines is 3. The third-order valence-corrected chi connectivity index (χ3v) is 5.40. The van der Waals surface area contributed by atoms with Crippen molar-refractivity contribution in [3.63, 3.8) is 0 Å². The number of nitrogens with two attached hydrogens (primary N) is 1.